The summed E-state index contributed by atoms with van der Waals surface area (Å²) in [6, 6.07) is 0. The van der Waals surface area contributed by atoms with E-state index in [-0.39, 0.29) is 10.4 Å². The van der Waals surface area contributed by atoms with Crippen molar-refractivity contribution in [3.8, 4) is 0 Å². The highest BCUT2D eigenvalue weighted by Crippen LogP contribution is 1.66. The summed E-state index contributed by atoms with van der Waals surface area (Å²) in [6.07, 6.45) is 2.96. The maximum atomic E-state index is 6.50. The number of hydrogen-bond donors (Lipinski definition) is 3. The Morgan fingerprint density at radius 1 is 1.27 bits per heavy atom. The quantitative estimate of drug-likeness (QED) is 0.415. The Kier molecular flexibility index (Phi) is 770. The lowest BCUT2D eigenvalue weighted by molar-refractivity contribution is 0.311. The molecule has 0 unspecified atom stereocenters. The van der Waals surface area contributed by atoms with Crippen LogP contribution in [0, 0.1) is 0 Å². The smallest absolute Gasteiger partial charge is 0 e. The van der Waals surface area contributed by atoms with Gasteiger partial charge in [-0.25, -0.2) is 5.90 Å². The third-order valence-corrected chi connectivity index (χ3v) is 0.289. The zero-order chi connectivity index (χ0) is 9.41. The monoisotopic (exact) mass is 172 g/mol. The first-order valence-corrected chi connectivity index (χ1v) is 3.78. The fraction of sp³-hybridized carbons (Fsp3) is 0.750. The second kappa shape index (κ2) is 272. The summed E-state index contributed by atoms with van der Waals surface area (Å²) in [5.41, 5.74) is 0. The fourth-order valence-corrected chi connectivity index (χ4v) is 0. The topological polar surface area (TPSA) is 81.2 Å². The van der Waals surface area contributed by atoms with Gasteiger partial charge in [0.25, 0.3) is 0 Å². The van der Waals surface area contributed by atoms with Crippen LogP contribution in [0.25, 0.3) is 0 Å². The summed E-state index contributed by atoms with van der Waals surface area (Å²) in [4.78, 5) is 0. The first-order valence-electron chi connectivity index (χ1n) is 3.78. The molecule has 0 radical (unpaired) electrons. The van der Waals surface area contributed by atoms with Crippen LogP contribution in [0.4, 0.5) is 0 Å². The summed E-state index contributed by atoms with van der Waals surface area (Å²) in [5, 5.41) is 6.50. The molecule has 0 saturated carbocycles. The van der Waals surface area contributed by atoms with Gasteiger partial charge in [-0.2, -0.15) is 0 Å². The molecule has 0 fully saturated rings. The van der Waals surface area contributed by atoms with Gasteiger partial charge in [-0.1, -0.05) is 40.7 Å². The number of allylic oxidation sites excluding steroid dienone is 1. The van der Waals surface area contributed by atoms with Crippen molar-refractivity contribution in [3.05, 3.63) is 12.7 Å². The largest absolute Gasteiger partial charge is 0.344 e. The summed E-state index contributed by atoms with van der Waals surface area (Å²) in [5.74, 6) is 3.50. The van der Waals surface area contributed by atoms with Crippen LogP contribution in [0.2, 0.25) is 0 Å². The molecule has 80 valence electrons. The average molecular weight is 172 g/mol. The molecule has 0 amide bonds. The lowest BCUT2D eigenvalue weighted by atomic mass is 10.5. The van der Waals surface area contributed by atoms with E-state index in [2.05, 4.69) is 19.4 Å². The van der Waals surface area contributed by atoms with Gasteiger partial charge in [0.15, 0.2) is 0 Å². The average Bonchev–Trinajstić information content (AvgIpc) is 2.14. The number of hydrogen-bond acceptors (Lipinski definition) is 3. The van der Waals surface area contributed by atoms with E-state index in [0.717, 1.165) is 6.42 Å². The standard InChI is InChI=1S/C4H8.2C2H6.H3NO.H3N.3H2/c1-3-4-2;3*1-2;;;;/h3H,1,4H2,2H3;2*1-2H3;2H,1H2;1H3;3*1H. The van der Waals surface area contributed by atoms with Gasteiger partial charge in [-0.15, -0.1) is 6.58 Å². The van der Waals surface area contributed by atoms with E-state index in [1.807, 2.05) is 33.8 Å². The molecule has 0 saturated heterocycles. The van der Waals surface area contributed by atoms with Crippen LogP contribution in [0.1, 0.15) is 45.3 Å². The van der Waals surface area contributed by atoms with Crippen molar-refractivity contribution in [1.29, 1.82) is 0 Å². The Bertz CT molecular complexity index is 36.5. The predicted octanol–water partition coefficient (Wildman–Crippen LogP) is 3.87. The maximum absolute atomic E-state index is 6.50. The summed E-state index contributed by atoms with van der Waals surface area (Å²) >= 11 is 0. The molecular formula is C8H32N2O. The Morgan fingerprint density at radius 3 is 1.36 bits per heavy atom. The minimum Gasteiger partial charge on any atom is -0.344 e. The molecule has 6 N–H and O–H groups in total. The van der Waals surface area contributed by atoms with Crippen LogP contribution in [0.15, 0.2) is 12.7 Å². The number of nitrogens with two attached hydrogens (primary N) is 1. The van der Waals surface area contributed by atoms with E-state index in [1.165, 1.54) is 0 Å². The lowest BCUT2D eigenvalue weighted by Crippen LogP contribution is -1.72. The molecule has 0 aromatic carbocycles. The van der Waals surface area contributed by atoms with E-state index in [9.17, 15) is 0 Å². The van der Waals surface area contributed by atoms with Crippen LogP contribution in [-0.2, 0) is 0 Å². The van der Waals surface area contributed by atoms with Crippen molar-refractivity contribution in [1.82, 2.24) is 6.15 Å². The minimum absolute atomic E-state index is 0. The SMILES string of the molecule is C=CCC.CC.CC.N.NO.[HH].[HH].[HH]. The Balaban J connectivity index is -0.00000000550. The molecule has 0 rings (SSSR count). The highest BCUT2D eigenvalue weighted by molar-refractivity contribution is 4.60. The number of rotatable bonds is 1. The highest BCUT2D eigenvalue weighted by Gasteiger charge is 1.45. The van der Waals surface area contributed by atoms with Gasteiger partial charge in [0, 0.05) is 4.28 Å². The molecule has 3 heteroatoms. The molecule has 0 bridgehead atoms. The van der Waals surface area contributed by atoms with Crippen LogP contribution in [0.5, 0.6) is 0 Å². The lowest BCUT2D eigenvalue weighted by Gasteiger charge is -1.57. The Labute approximate surface area is 76.3 Å². The zero-order valence-corrected chi connectivity index (χ0v) is 8.72. The van der Waals surface area contributed by atoms with Gasteiger partial charge in [-0.05, 0) is 6.42 Å². The van der Waals surface area contributed by atoms with Gasteiger partial charge in [0.05, 0.1) is 0 Å². The maximum Gasteiger partial charge on any atom is 0 e. The van der Waals surface area contributed by atoms with Crippen molar-refractivity contribution in [2.24, 2.45) is 5.90 Å². The fourth-order valence-electron chi connectivity index (χ4n) is 0. The van der Waals surface area contributed by atoms with E-state index < -0.39 is 0 Å². The summed E-state index contributed by atoms with van der Waals surface area (Å²) in [7, 11) is 0. The normalized spacial score (nSPS) is 3.91. The van der Waals surface area contributed by atoms with Gasteiger partial charge in [0.1, 0.15) is 0 Å². The zero-order valence-electron chi connectivity index (χ0n) is 8.72. The molecular weight excluding hydrogens is 140 g/mol. The molecule has 11 heavy (non-hydrogen) atoms. The van der Waals surface area contributed by atoms with Gasteiger partial charge in [0.2, 0.25) is 0 Å². The van der Waals surface area contributed by atoms with Crippen LogP contribution >= 0.6 is 0 Å². The van der Waals surface area contributed by atoms with Crippen molar-refractivity contribution in [3.63, 3.8) is 0 Å². The third-order valence-electron chi connectivity index (χ3n) is 0.289. The van der Waals surface area contributed by atoms with Crippen molar-refractivity contribution in [2.45, 2.75) is 41.0 Å². The van der Waals surface area contributed by atoms with Gasteiger partial charge >= 0.3 is 0 Å². The predicted molar refractivity (Wildman–Crippen MR) is 60.5 cm³/mol. The van der Waals surface area contributed by atoms with Gasteiger partial charge < -0.3 is 11.4 Å². The van der Waals surface area contributed by atoms with Crippen LogP contribution < -0.4 is 12.0 Å². The third kappa shape index (κ3) is 1450. The Hall–Kier alpha value is -0.380. The second-order valence-electron chi connectivity index (χ2n) is 0.697. The molecule has 0 aliphatic heterocycles. The molecule has 0 aliphatic rings. The first kappa shape index (κ1) is 31.1. The van der Waals surface area contributed by atoms with Gasteiger partial charge in [-0.3, -0.25) is 0 Å². The molecule has 0 aromatic rings. The van der Waals surface area contributed by atoms with Crippen molar-refractivity contribution >= 4 is 0 Å². The molecule has 0 atom stereocenters. The van der Waals surface area contributed by atoms with Crippen molar-refractivity contribution in [2.75, 3.05) is 0 Å². The first-order chi connectivity index (χ1) is 4.91. The molecule has 0 spiro atoms. The summed E-state index contributed by atoms with van der Waals surface area (Å²) < 4.78 is 0. The molecule has 0 aliphatic carbocycles. The molecule has 0 aromatic heterocycles. The van der Waals surface area contributed by atoms with E-state index in [4.69, 9.17) is 5.21 Å². The highest BCUT2D eigenvalue weighted by atomic mass is 16.4. The van der Waals surface area contributed by atoms with Crippen molar-refractivity contribution < 1.29 is 9.49 Å². The molecule has 0 heterocycles. The minimum atomic E-state index is 0. The van der Waals surface area contributed by atoms with Crippen LogP contribution in [0.3, 0.4) is 0 Å². The second-order valence-corrected chi connectivity index (χ2v) is 0.697. The van der Waals surface area contributed by atoms with E-state index in [1.54, 1.807) is 0 Å². The van der Waals surface area contributed by atoms with E-state index in [0.29, 0.717) is 0 Å². The molecule has 3 nitrogen and oxygen atoms in total. The van der Waals surface area contributed by atoms with Crippen LogP contribution in [-0.4, -0.2) is 5.21 Å². The van der Waals surface area contributed by atoms with E-state index >= 15 is 0 Å². The summed E-state index contributed by atoms with van der Waals surface area (Å²) in [6.45, 7) is 13.5. The Morgan fingerprint density at radius 2 is 1.36 bits per heavy atom.